The van der Waals surface area contributed by atoms with E-state index in [4.69, 9.17) is 0 Å². The predicted octanol–water partition coefficient (Wildman–Crippen LogP) is 3.42. The lowest BCUT2D eigenvalue weighted by Crippen LogP contribution is -2.37. The Hall–Kier alpha value is -3.09. The molecular weight excluding hydrogens is 340 g/mol. The van der Waals surface area contributed by atoms with Crippen molar-refractivity contribution in [2.45, 2.75) is 39.3 Å². The number of urea groups is 1. The van der Waals surface area contributed by atoms with Crippen LogP contribution < -0.4 is 5.32 Å². The van der Waals surface area contributed by atoms with Gasteiger partial charge in [-0.1, -0.05) is 12.1 Å². The minimum atomic E-state index is -0.102. The largest absolute Gasteiger partial charge is 0.337 e. The summed E-state index contributed by atoms with van der Waals surface area (Å²) in [6, 6.07) is 9.96. The zero-order valence-corrected chi connectivity index (χ0v) is 15.9. The van der Waals surface area contributed by atoms with Gasteiger partial charge in [-0.3, -0.25) is 0 Å². The summed E-state index contributed by atoms with van der Waals surface area (Å²) in [7, 11) is 1.95. The van der Waals surface area contributed by atoms with Gasteiger partial charge in [0.1, 0.15) is 5.82 Å². The van der Waals surface area contributed by atoms with E-state index in [0.717, 1.165) is 41.4 Å². The van der Waals surface area contributed by atoms with Gasteiger partial charge in [-0.2, -0.15) is 5.10 Å². The number of imidazole rings is 1. The van der Waals surface area contributed by atoms with Gasteiger partial charge in [0.2, 0.25) is 0 Å². The molecule has 140 valence electrons. The standard InChI is InChI=1S/C20H24N6O/c1-14-12-15(2)26(23-14)18-7-5-4-6-17(18)22-20(27)25(16-8-9-16)13-19-21-10-11-24(19)3/h4-7,10-12,16H,8-9,13H2,1-3H3,(H,22,27). The molecule has 0 atom stereocenters. The monoisotopic (exact) mass is 364 g/mol. The van der Waals surface area contributed by atoms with Gasteiger partial charge in [0.15, 0.2) is 0 Å². The van der Waals surface area contributed by atoms with Gasteiger partial charge in [0, 0.05) is 31.2 Å². The molecule has 0 unspecified atom stereocenters. The Labute approximate surface area is 158 Å². The molecule has 1 saturated carbocycles. The number of hydrogen-bond acceptors (Lipinski definition) is 3. The molecule has 1 fully saturated rings. The Morgan fingerprint density at radius 1 is 1.30 bits per heavy atom. The van der Waals surface area contributed by atoms with E-state index in [1.807, 2.05) is 71.6 Å². The van der Waals surface area contributed by atoms with Gasteiger partial charge in [0.25, 0.3) is 0 Å². The van der Waals surface area contributed by atoms with Crippen molar-refractivity contribution >= 4 is 11.7 Å². The average molecular weight is 364 g/mol. The number of carbonyl (C=O) groups is 1. The number of benzene rings is 1. The van der Waals surface area contributed by atoms with Crippen molar-refractivity contribution in [3.63, 3.8) is 0 Å². The van der Waals surface area contributed by atoms with Crippen LogP contribution in [0.1, 0.15) is 30.1 Å². The van der Waals surface area contributed by atoms with Crippen LogP contribution in [0.2, 0.25) is 0 Å². The van der Waals surface area contributed by atoms with Crippen LogP contribution in [0.5, 0.6) is 0 Å². The first-order valence-electron chi connectivity index (χ1n) is 9.19. The highest BCUT2D eigenvalue weighted by Crippen LogP contribution is 2.29. The molecule has 2 heterocycles. The third-order valence-electron chi connectivity index (χ3n) is 4.86. The van der Waals surface area contributed by atoms with Gasteiger partial charge in [-0.05, 0) is 44.9 Å². The van der Waals surface area contributed by atoms with Gasteiger partial charge >= 0.3 is 6.03 Å². The Bertz CT molecular complexity index is 969. The van der Waals surface area contributed by atoms with Crippen LogP contribution in [-0.2, 0) is 13.6 Å². The maximum Gasteiger partial charge on any atom is 0.322 e. The molecule has 1 N–H and O–H groups in total. The highest BCUT2D eigenvalue weighted by atomic mass is 16.2. The number of rotatable bonds is 5. The summed E-state index contributed by atoms with van der Waals surface area (Å²) >= 11 is 0. The summed E-state index contributed by atoms with van der Waals surface area (Å²) in [5.74, 6) is 0.879. The summed E-state index contributed by atoms with van der Waals surface area (Å²) < 4.78 is 3.82. The average Bonchev–Trinajstić information content (AvgIpc) is 3.31. The number of amides is 2. The molecule has 2 amide bonds. The first kappa shape index (κ1) is 17.3. The predicted molar refractivity (Wildman–Crippen MR) is 104 cm³/mol. The van der Waals surface area contributed by atoms with Crippen molar-refractivity contribution in [2.24, 2.45) is 7.05 Å². The second-order valence-electron chi connectivity index (χ2n) is 7.10. The van der Waals surface area contributed by atoms with E-state index < -0.39 is 0 Å². The third kappa shape index (κ3) is 3.58. The Morgan fingerprint density at radius 3 is 2.70 bits per heavy atom. The minimum absolute atomic E-state index is 0.102. The quantitative estimate of drug-likeness (QED) is 0.754. The topological polar surface area (TPSA) is 68.0 Å². The van der Waals surface area contributed by atoms with E-state index in [1.54, 1.807) is 6.20 Å². The van der Waals surface area contributed by atoms with Crippen LogP contribution in [0.25, 0.3) is 5.69 Å². The number of nitrogens with one attached hydrogen (secondary N) is 1. The number of carbonyl (C=O) groups excluding carboxylic acids is 1. The van der Waals surface area contributed by atoms with E-state index in [0.29, 0.717) is 6.54 Å². The Morgan fingerprint density at radius 2 is 2.07 bits per heavy atom. The van der Waals surface area contributed by atoms with Crippen molar-refractivity contribution in [1.29, 1.82) is 0 Å². The molecule has 7 heteroatoms. The highest BCUT2D eigenvalue weighted by molar-refractivity contribution is 5.92. The van der Waals surface area contributed by atoms with E-state index >= 15 is 0 Å². The number of anilines is 1. The molecule has 27 heavy (non-hydrogen) atoms. The second-order valence-corrected chi connectivity index (χ2v) is 7.10. The summed E-state index contributed by atoms with van der Waals surface area (Å²) in [6.45, 7) is 4.48. The molecule has 3 aromatic rings. The molecule has 0 saturated heterocycles. The molecule has 0 radical (unpaired) electrons. The smallest absolute Gasteiger partial charge is 0.322 e. The van der Waals surface area contributed by atoms with Crippen LogP contribution in [0.4, 0.5) is 10.5 Å². The third-order valence-corrected chi connectivity index (χ3v) is 4.86. The fraction of sp³-hybridized carbons (Fsp3) is 0.350. The molecule has 7 nitrogen and oxygen atoms in total. The van der Waals surface area contributed by atoms with Crippen LogP contribution >= 0.6 is 0 Å². The van der Waals surface area contributed by atoms with E-state index in [2.05, 4.69) is 15.4 Å². The molecular formula is C20H24N6O. The van der Waals surface area contributed by atoms with Gasteiger partial charge in [-0.15, -0.1) is 0 Å². The van der Waals surface area contributed by atoms with Crippen molar-refractivity contribution in [1.82, 2.24) is 24.2 Å². The van der Waals surface area contributed by atoms with E-state index in [-0.39, 0.29) is 12.1 Å². The van der Waals surface area contributed by atoms with Crippen molar-refractivity contribution in [2.75, 3.05) is 5.32 Å². The molecule has 1 aliphatic carbocycles. The summed E-state index contributed by atoms with van der Waals surface area (Å²) in [4.78, 5) is 19.3. The minimum Gasteiger partial charge on any atom is -0.337 e. The molecule has 4 rings (SSSR count). The highest BCUT2D eigenvalue weighted by Gasteiger charge is 2.33. The zero-order chi connectivity index (χ0) is 19.0. The number of para-hydroxylation sites is 2. The number of nitrogens with zero attached hydrogens (tertiary/aromatic N) is 5. The number of hydrogen-bond donors (Lipinski definition) is 1. The van der Waals surface area contributed by atoms with Crippen molar-refractivity contribution in [3.8, 4) is 5.69 Å². The first-order valence-corrected chi connectivity index (χ1v) is 9.19. The van der Waals surface area contributed by atoms with Crippen LogP contribution in [0.3, 0.4) is 0 Å². The van der Waals surface area contributed by atoms with Gasteiger partial charge < -0.3 is 14.8 Å². The molecule has 1 aliphatic rings. The molecule has 0 bridgehead atoms. The van der Waals surface area contributed by atoms with E-state index in [1.165, 1.54) is 0 Å². The fourth-order valence-electron chi connectivity index (χ4n) is 3.28. The number of aromatic nitrogens is 4. The lowest BCUT2D eigenvalue weighted by molar-refractivity contribution is 0.204. The first-order chi connectivity index (χ1) is 13.0. The molecule has 0 aliphatic heterocycles. The SMILES string of the molecule is Cc1cc(C)n(-c2ccccc2NC(=O)N(Cc2nccn2C)C2CC2)n1. The van der Waals surface area contributed by atoms with Gasteiger partial charge in [-0.25, -0.2) is 14.5 Å². The zero-order valence-electron chi connectivity index (χ0n) is 15.9. The maximum absolute atomic E-state index is 13.1. The fourth-order valence-corrected chi connectivity index (χ4v) is 3.28. The Kier molecular flexibility index (Phi) is 4.43. The molecule has 0 spiro atoms. The lowest BCUT2D eigenvalue weighted by Gasteiger charge is -2.23. The summed E-state index contributed by atoms with van der Waals surface area (Å²) in [6.07, 6.45) is 5.74. The van der Waals surface area contributed by atoms with Crippen molar-refractivity contribution in [3.05, 3.63) is 59.9 Å². The van der Waals surface area contributed by atoms with Gasteiger partial charge in [0.05, 0.1) is 23.6 Å². The van der Waals surface area contributed by atoms with Crippen LogP contribution in [0.15, 0.2) is 42.7 Å². The summed E-state index contributed by atoms with van der Waals surface area (Å²) in [5.41, 5.74) is 3.59. The normalized spacial score (nSPS) is 13.6. The molecule has 2 aromatic heterocycles. The Balaban J connectivity index is 1.59. The second kappa shape index (κ2) is 6.90. The van der Waals surface area contributed by atoms with Crippen LogP contribution in [0, 0.1) is 13.8 Å². The van der Waals surface area contributed by atoms with Crippen molar-refractivity contribution < 1.29 is 4.79 Å². The molecule has 1 aromatic carbocycles. The maximum atomic E-state index is 13.1. The van der Waals surface area contributed by atoms with E-state index in [9.17, 15) is 4.79 Å². The number of aryl methyl sites for hydroxylation is 3. The van der Waals surface area contributed by atoms with Crippen LogP contribution in [-0.4, -0.2) is 36.3 Å². The lowest BCUT2D eigenvalue weighted by atomic mass is 10.2. The summed E-state index contributed by atoms with van der Waals surface area (Å²) in [5, 5.41) is 7.64.